The third kappa shape index (κ3) is 5.63. The molecule has 0 atom stereocenters. The number of sulfonamides is 1. The number of thiophene rings is 1. The molecule has 0 saturated heterocycles. The molecule has 0 radical (unpaired) electrons. The van der Waals surface area contributed by atoms with E-state index in [9.17, 15) is 23.3 Å². The summed E-state index contributed by atoms with van der Waals surface area (Å²) in [4.78, 5) is 22.4. The van der Waals surface area contributed by atoms with Gasteiger partial charge in [0.05, 0.1) is 15.8 Å². The van der Waals surface area contributed by atoms with E-state index in [1.165, 1.54) is 25.2 Å². The quantitative estimate of drug-likeness (QED) is 0.355. The van der Waals surface area contributed by atoms with Crippen molar-refractivity contribution in [3.63, 3.8) is 0 Å². The molecule has 0 aliphatic carbocycles. The van der Waals surface area contributed by atoms with E-state index in [0.717, 1.165) is 15.6 Å². The number of carbonyl (C=O) groups is 1. The molecular formula is C15H17ClN4O5S2. The summed E-state index contributed by atoms with van der Waals surface area (Å²) >= 11 is 6.66. The van der Waals surface area contributed by atoms with E-state index in [4.69, 9.17) is 11.6 Å². The third-order valence-electron chi connectivity index (χ3n) is 3.44. The first-order valence-electron chi connectivity index (χ1n) is 7.67. The van der Waals surface area contributed by atoms with Gasteiger partial charge in [-0.2, -0.15) is 4.31 Å². The van der Waals surface area contributed by atoms with Gasteiger partial charge in [-0.25, -0.2) is 8.42 Å². The normalized spacial score (nSPS) is 11.4. The first kappa shape index (κ1) is 21.1. The Labute approximate surface area is 165 Å². The molecule has 27 heavy (non-hydrogen) atoms. The minimum Gasteiger partial charge on any atom is -0.378 e. The number of rotatable bonds is 9. The van der Waals surface area contributed by atoms with Gasteiger partial charge in [-0.1, -0.05) is 23.7 Å². The fourth-order valence-corrected chi connectivity index (χ4v) is 4.94. The zero-order valence-electron chi connectivity index (χ0n) is 14.2. The highest BCUT2D eigenvalue weighted by molar-refractivity contribution is 7.91. The van der Waals surface area contributed by atoms with Crippen molar-refractivity contribution in [1.29, 1.82) is 0 Å². The first-order valence-corrected chi connectivity index (χ1v) is 10.3. The molecule has 146 valence electrons. The number of halogens is 1. The molecule has 2 N–H and O–H groups in total. The Balaban J connectivity index is 1.82. The number of nitrogens with one attached hydrogen (secondary N) is 2. The lowest BCUT2D eigenvalue weighted by Crippen LogP contribution is -2.39. The van der Waals surface area contributed by atoms with Gasteiger partial charge >= 0.3 is 0 Å². The highest BCUT2D eigenvalue weighted by Gasteiger charge is 2.24. The lowest BCUT2D eigenvalue weighted by molar-refractivity contribution is -0.384. The molecule has 12 heteroatoms. The van der Waals surface area contributed by atoms with Crippen LogP contribution in [0, 0.1) is 10.1 Å². The summed E-state index contributed by atoms with van der Waals surface area (Å²) < 4.78 is 26.0. The van der Waals surface area contributed by atoms with E-state index in [2.05, 4.69) is 10.6 Å². The van der Waals surface area contributed by atoms with Crippen LogP contribution < -0.4 is 10.6 Å². The number of hydrogen-bond donors (Lipinski definition) is 2. The Kier molecular flexibility index (Phi) is 7.13. The lowest BCUT2D eigenvalue weighted by atomic mass is 10.2. The van der Waals surface area contributed by atoms with E-state index >= 15 is 0 Å². The summed E-state index contributed by atoms with van der Waals surface area (Å²) in [5.41, 5.74) is 0.273. The van der Waals surface area contributed by atoms with Gasteiger partial charge < -0.3 is 10.6 Å². The molecule has 0 bridgehead atoms. The predicted molar refractivity (Wildman–Crippen MR) is 104 cm³/mol. The standard InChI is InChI=1S/C15H17ClN4O5S2/c1-19(27(24,25)15-7-6-13(16)26-15)10-14(21)18-9-8-17-11-4-2-3-5-12(11)20(22)23/h2-7,17H,8-10H2,1H3,(H,18,21). The van der Waals surface area contributed by atoms with Crippen LogP contribution in [0.15, 0.2) is 40.6 Å². The lowest BCUT2D eigenvalue weighted by Gasteiger charge is -2.15. The molecule has 1 amide bonds. The molecule has 2 aromatic rings. The summed E-state index contributed by atoms with van der Waals surface area (Å²) in [5.74, 6) is -0.493. The maximum absolute atomic E-state index is 12.3. The molecule has 1 heterocycles. The number of nitro groups is 1. The number of anilines is 1. The van der Waals surface area contributed by atoms with Crippen molar-refractivity contribution in [3.05, 3.63) is 50.8 Å². The monoisotopic (exact) mass is 432 g/mol. The Morgan fingerprint density at radius 2 is 1.96 bits per heavy atom. The number of carbonyl (C=O) groups excluding carboxylic acids is 1. The van der Waals surface area contributed by atoms with Crippen LogP contribution in [-0.4, -0.2) is 50.2 Å². The topological polar surface area (TPSA) is 122 Å². The number of hydrogen-bond acceptors (Lipinski definition) is 7. The summed E-state index contributed by atoms with van der Waals surface area (Å²) in [5, 5.41) is 16.3. The average Bonchev–Trinajstić information content (AvgIpc) is 3.06. The number of likely N-dealkylation sites (N-methyl/N-ethyl adjacent to an activating group) is 1. The van der Waals surface area contributed by atoms with Crippen molar-refractivity contribution in [2.24, 2.45) is 0 Å². The van der Waals surface area contributed by atoms with Gasteiger partial charge in [0.1, 0.15) is 9.90 Å². The second-order valence-electron chi connectivity index (χ2n) is 5.37. The predicted octanol–water partition coefficient (Wildman–Crippen LogP) is 2.16. The van der Waals surface area contributed by atoms with E-state index in [1.807, 2.05) is 0 Å². The van der Waals surface area contributed by atoms with Gasteiger partial charge in [0.25, 0.3) is 15.7 Å². The molecule has 9 nitrogen and oxygen atoms in total. The summed E-state index contributed by atoms with van der Waals surface area (Å²) in [6.07, 6.45) is 0. The third-order valence-corrected chi connectivity index (χ3v) is 6.94. The first-order chi connectivity index (χ1) is 12.7. The van der Waals surface area contributed by atoms with E-state index in [-0.39, 0.29) is 29.5 Å². The fourth-order valence-electron chi connectivity index (χ4n) is 2.11. The molecule has 0 fully saturated rings. The van der Waals surface area contributed by atoms with E-state index < -0.39 is 20.9 Å². The zero-order chi connectivity index (χ0) is 20.0. The molecule has 0 aliphatic heterocycles. The Morgan fingerprint density at radius 1 is 1.26 bits per heavy atom. The van der Waals surface area contributed by atoms with E-state index in [1.54, 1.807) is 18.2 Å². The highest BCUT2D eigenvalue weighted by Crippen LogP contribution is 2.27. The van der Waals surface area contributed by atoms with Crippen LogP contribution in [-0.2, 0) is 14.8 Å². The summed E-state index contributed by atoms with van der Waals surface area (Å²) in [7, 11) is -2.49. The number of benzene rings is 1. The SMILES string of the molecule is CN(CC(=O)NCCNc1ccccc1[N+](=O)[O-])S(=O)(=O)c1ccc(Cl)s1. The largest absolute Gasteiger partial charge is 0.378 e. The van der Waals surface area contributed by atoms with Gasteiger partial charge in [0, 0.05) is 26.2 Å². The zero-order valence-corrected chi connectivity index (χ0v) is 16.6. The number of nitrogens with zero attached hydrogens (tertiary/aromatic N) is 2. The van der Waals surface area contributed by atoms with Gasteiger partial charge in [-0.05, 0) is 18.2 Å². The van der Waals surface area contributed by atoms with Gasteiger partial charge in [-0.15, -0.1) is 11.3 Å². The van der Waals surface area contributed by atoms with Crippen LogP contribution in [0.5, 0.6) is 0 Å². The van der Waals surface area contributed by atoms with Crippen LogP contribution in [0.4, 0.5) is 11.4 Å². The Bertz CT molecular complexity index is 932. The van der Waals surface area contributed by atoms with Crippen molar-refractivity contribution in [3.8, 4) is 0 Å². The minimum atomic E-state index is -3.79. The maximum Gasteiger partial charge on any atom is 0.292 e. The van der Waals surface area contributed by atoms with Crippen LogP contribution >= 0.6 is 22.9 Å². The van der Waals surface area contributed by atoms with Crippen molar-refractivity contribution in [2.75, 3.05) is 32.0 Å². The molecule has 0 spiro atoms. The van der Waals surface area contributed by atoms with Gasteiger partial charge in [0.2, 0.25) is 5.91 Å². The van der Waals surface area contributed by atoms with Gasteiger partial charge in [0.15, 0.2) is 0 Å². The highest BCUT2D eigenvalue weighted by atomic mass is 35.5. The number of amides is 1. The second kappa shape index (κ2) is 9.13. The maximum atomic E-state index is 12.3. The molecule has 1 aromatic carbocycles. The van der Waals surface area contributed by atoms with Crippen LogP contribution in [0.1, 0.15) is 0 Å². The number of para-hydroxylation sites is 2. The van der Waals surface area contributed by atoms with Crippen molar-refractivity contribution in [1.82, 2.24) is 9.62 Å². The molecule has 0 aliphatic rings. The minimum absolute atomic E-state index is 0.0563. The van der Waals surface area contributed by atoms with Crippen LogP contribution in [0.25, 0.3) is 0 Å². The number of nitro benzene ring substituents is 1. The van der Waals surface area contributed by atoms with Gasteiger partial charge in [-0.3, -0.25) is 14.9 Å². The molecular weight excluding hydrogens is 416 g/mol. The smallest absolute Gasteiger partial charge is 0.292 e. The molecule has 2 rings (SSSR count). The summed E-state index contributed by atoms with van der Waals surface area (Å²) in [6.45, 7) is 0.0561. The van der Waals surface area contributed by atoms with Crippen LogP contribution in [0.3, 0.4) is 0 Å². The second-order valence-corrected chi connectivity index (χ2v) is 9.36. The fraction of sp³-hybridized carbons (Fsp3) is 0.267. The molecule has 0 unspecified atom stereocenters. The molecule has 1 aromatic heterocycles. The van der Waals surface area contributed by atoms with E-state index in [0.29, 0.717) is 10.0 Å². The van der Waals surface area contributed by atoms with Crippen LogP contribution in [0.2, 0.25) is 4.34 Å². The van der Waals surface area contributed by atoms with Crippen molar-refractivity contribution in [2.45, 2.75) is 4.21 Å². The molecule has 0 saturated carbocycles. The Hall–Kier alpha value is -2.21. The van der Waals surface area contributed by atoms with Crippen molar-refractivity contribution >= 4 is 50.2 Å². The average molecular weight is 433 g/mol. The summed E-state index contributed by atoms with van der Waals surface area (Å²) in [6, 6.07) is 9.01. The Morgan fingerprint density at radius 3 is 2.59 bits per heavy atom. The van der Waals surface area contributed by atoms with Crippen molar-refractivity contribution < 1.29 is 18.1 Å².